The molecular weight excluding hydrogens is 801 g/mol. The molecule has 6 aromatic rings. The summed E-state index contributed by atoms with van der Waals surface area (Å²) in [7, 11) is 2.85. The molecule has 15 nitrogen and oxygen atoms in total. The summed E-state index contributed by atoms with van der Waals surface area (Å²) >= 11 is 0. The van der Waals surface area contributed by atoms with Crippen molar-refractivity contribution in [1.82, 2.24) is 39.5 Å². The highest BCUT2D eigenvalue weighted by molar-refractivity contribution is 5.88. The van der Waals surface area contributed by atoms with Crippen LogP contribution < -0.4 is 0 Å². The Morgan fingerprint density at radius 3 is 1.37 bits per heavy atom. The molecule has 4 N–H and O–H groups in total. The van der Waals surface area contributed by atoms with Gasteiger partial charge in [-0.25, -0.2) is 19.6 Å². The Labute approximate surface area is 365 Å². The van der Waals surface area contributed by atoms with Gasteiger partial charge in [0.15, 0.2) is 0 Å². The maximum Gasteiger partial charge on any atom is 0.407 e. The molecule has 0 aliphatic carbocycles. The molecule has 2 aliphatic rings. The van der Waals surface area contributed by atoms with Crippen molar-refractivity contribution in [1.29, 1.82) is 0 Å². The van der Waals surface area contributed by atoms with Crippen LogP contribution in [0.25, 0.3) is 22.5 Å². The molecule has 4 heterocycles. The summed E-state index contributed by atoms with van der Waals surface area (Å²) in [6.07, 6.45) is 4.33. The minimum absolute atomic E-state index is 0.274. The predicted molar refractivity (Wildman–Crippen MR) is 234 cm³/mol. The molecule has 2 aromatic heterocycles. The molecule has 0 spiro atoms. The molecule has 0 radical (unpaired) electrons. The number of aromatic nitrogens is 4. The first-order valence-electron chi connectivity index (χ1n) is 21.1. The number of rotatable bonds is 14. The van der Waals surface area contributed by atoms with Gasteiger partial charge < -0.3 is 34.7 Å². The van der Waals surface area contributed by atoms with Crippen LogP contribution in [0.5, 0.6) is 0 Å². The van der Waals surface area contributed by atoms with Crippen LogP contribution in [0.2, 0.25) is 0 Å². The van der Waals surface area contributed by atoms with E-state index in [1.165, 1.54) is 14.1 Å². The maximum absolute atomic E-state index is 13.9. The third-order valence-electron chi connectivity index (χ3n) is 12.0. The first-order valence-corrected chi connectivity index (χ1v) is 21.1. The third kappa shape index (κ3) is 9.19. The van der Waals surface area contributed by atoms with Gasteiger partial charge in [-0.15, -0.1) is 0 Å². The standard InChI is InChI=1S/C48H50N8O7/c1-53(47(59)60)41(35-11-5-3-6-12-35)45(57)55-25-9-15-39(55)43-49-27-37(51-43)33-21-17-31(18-22-33)29-63-30-32-19-23-34(24-20-32)38-28-50-44(52-38)40-16-10-26-56(40)46(58)42(54(2)48(61)62)36-13-7-4-8-14-36/h3-8,11-14,17-24,27-28,39-42H,9-10,15-16,25-26,29-30H2,1-2H3,(H,49,51)(H,50,52)(H,59,60)(H,61,62)/t39-,40-,41+,42+/m0/s1. The van der Waals surface area contributed by atoms with Gasteiger partial charge in [-0.3, -0.25) is 19.4 Å². The molecule has 15 heteroatoms. The minimum Gasteiger partial charge on any atom is -0.465 e. The number of amides is 4. The number of nitrogens with one attached hydrogen (secondary N) is 2. The number of imidazole rings is 2. The van der Waals surface area contributed by atoms with Gasteiger partial charge >= 0.3 is 12.2 Å². The number of likely N-dealkylation sites (N-methyl/N-ethyl adjacent to an activating group) is 2. The van der Waals surface area contributed by atoms with Crippen LogP contribution >= 0.6 is 0 Å². The third-order valence-corrected chi connectivity index (χ3v) is 12.0. The lowest BCUT2D eigenvalue weighted by molar-refractivity contribution is -0.138. The number of H-pyrrole nitrogens is 2. The number of carboxylic acid groups (broad SMARTS) is 2. The molecule has 2 fully saturated rings. The molecule has 4 atom stereocenters. The molecular formula is C48H50N8O7. The van der Waals surface area contributed by atoms with Crippen molar-refractivity contribution in [2.75, 3.05) is 27.2 Å². The van der Waals surface area contributed by atoms with Crippen molar-refractivity contribution < 1.29 is 34.1 Å². The van der Waals surface area contributed by atoms with Gasteiger partial charge in [0.05, 0.1) is 36.7 Å². The Morgan fingerprint density at radius 1 is 0.619 bits per heavy atom. The zero-order valence-corrected chi connectivity index (χ0v) is 35.1. The molecule has 4 aromatic carbocycles. The number of carbonyl (C=O) groups is 4. The molecule has 8 rings (SSSR count). The van der Waals surface area contributed by atoms with Crippen LogP contribution in [0.15, 0.2) is 122 Å². The monoisotopic (exact) mass is 850 g/mol. The molecule has 0 unspecified atom stereocenters. The number of hydrogen-bond acceptors (Lipinski definition) is 7. The largest absolute Gasteiger partial charge is 0.465 e. The summed E-state index contributed by atoms with van der Waals surface area (Å²) in [5.74, 6) is 0.784. The Hall–Kier alpha value is -7.26. The van der Waals surface area contributed by atoms with Crippen molar-refractivity contribution in [3.8, 4) is 22.5 Å². The summed E-state index contributed by atoms with van der Waals surface area (Å²) in [6, 6.07) is 31.4. The van der Waals surface area contributed by atoms with Crippen LogP contribution in [0.1, 0.15) is 83.8 Å². The Morgan fingerprint density at radius 2 is 1.00 bits per heavy atom. The number of benzene rings is 4. The van der Waals surface area contributed by atoms with Gasteiger partial charge in [-0.05, 0) is 47.9 Å². The highest BCUT2D eigenvalue weighted by Gasteiger charge is 2.40. The fourth-order valence-corrected chi connectivity index (χ4v) is 8.64. The first-order chi connectivity index (χ1) is 30.6. The predicted octanol–water partition coefficient (Wildman–Crippen LogP) is 8.21. The number of nitrogens with zero attached hydrogens (tertiary/aromatic N) is 6. The quantitative estimate of drug-likeness (QED) is 0.0838. The van der Waals surface area contributed by atoms with E-state index in [1.54, 1.807) is 58.3 Å². The van der Waals surface area contributed by atoms with E-state index < -0.39 is 24.3 Å². The lowest BCUT2D eigenvalue weighted by Crippen LogP contribution is -2.43. The SMILES string of the molecule is CN(C(=O)O)[C@@H](C(=O)N1CCC[C@H]1c1nc(-c2ccc(COCc3ccc(-c4c[nH]c([C@@H]5CCCN5C(=O)[C@@H](c5ccccc5)N(C)C(=O)O)n4)cc3)cc2)c[nH]1)c1ccccc1. The second kappa shape index (κ2) is 18.8. The lowest BCUT2D eigenvalue weighted by Gasteiger charge is -2.32. The molecule has 2 saturated heterocycles. The molecule has 0 bridgehead atoms. The normalized spacial score (nSPS) is 17.0. The van der Waals surface area contributed by atoms with Gasteiger partial charge in [0.25, 0.3) is 11.8 Å². The second-order valence-electron chi connectivity index (χ2n) is 16.0. The summed E-state index contributed by atoms with van der Waals surface area (Å²) in [5.41, 5.74) is 6.56. The van der Waals surface area contributed by atoms with E-state index in [1.807, 2.05) is 73.1 Å². The van der Waals surface area contributed by atoms with Crippen LogP contribution in [-0.2, 0) is 27.5 Å². The minimum atomic E-state index is -1.17. The fraction of sp³-hybridized carbons (Fsp3) is 0.292. The molecule has 324 valence electrons. The van der Waals surface area contributed by atoms with Crippen LogP contribution in [0, 0.1) is 0 Å². The van der Waals surface area contributed by atoms with Crippen molar-refractivity contribution in [3.05, 3.63) is 155 Å². The van der Waals surface area contributed by atoms with Crippen molar-refractivity contribution in [2.24, 2.45) is 0 Å². The summed E-state index contributed by atoms with van der Waals surface area (Å²) in [4.78, 5) is 73.7. The number of aromatic amines is 2. The number of carbonyl (C=O) groups excluding carboxylic acids is 2. The zero-order valence-electron chi connectivity index (χ0n) is 35.1. The van der Waals surface area contributed by atoms with E-state index in [0.29, 0.717) is 49.1 Å². The summed E-state index contributed by atoms with van der Waals surface area (Å²) < 4.78 is 6.08. The highest BCUT2D eigenvalue weighted by atomic mass is 16.5. The number of ether oxygens (including phenoxy) is 1. The molecule has 2 aliphatic heterocycles. The van der Waals surface area contributed by atoms with E-state index in [9.17, 15) is 29.4 Å². The van der Waals surface area contributed by atoms with Gasteiger partial charge in [0.1, 0.15) is 23.7 Å². The molecule has 0 saturated carbocycles. The van der Waals surface area contributed by atoms with Gasteiger partial charge in [-0.1, -0.05) is 109 Å². The number of hydrogen-bond donors (Lipinski definition) is 4. The van der Waals surface area contributed by atoms with Crippen LogP contribution in [0.4, 0.5) is 9.59 Å². The van der Waals surface area contributed by atoms with Gasteiger partial charge in [0, 0.05) is 50.7 Å². The van der Waals surface area contributed by atoms with Crippen LogP contribution in [0.3, 0.4) is 0 Å². The average molecular weight is 851 g/mol. The topological polar surface area (TPSA) is 188 Å². The molecule has 63 heavy (non-hydrogen) atoms. The van der Waals surface area contributed by atoms with E-state index in [-0.39, 0.29) is 23.9 Å². The van der Waals surface area contributed by atoms with Gasteiger partial charge in [0.2, 0.25) is 0 Å². The van der Waals surface area contributed by atoms with Gasteiger partial charge in [-0.2, -0.15) is 0 Å². The van der Waals surface area contributed by atoms with Crippen molar-refractivity contribution in [3.63, 3.8) is 0 Å². The average Bonchev–Trinajstić information content (AvgIpc) is 4.15. The van der Waals surface area contributed by atoms with E-state index in [2.05, 4.69) is 9.97 Å². The van der Waals surface area contributed by atoms with E-state index >= 15 is 0 Å². The Kier molecular flexibility index (Phi) is 12.7. The second-order valence-corrected chi connectivity index (χ2v) is 16.0. The van der Waals surface area contributed by atoms with Crippen molar-refractivity contribution >= 4 is 24.0 Å². The smallest absolute Gasteiger partial charge is 0.407 e. The maximum atomic E-state index is 13.9. The zero-order chi connectivity index (χ0) is 44.0. The Balaban J connectivity index is 0.852. The summed E-state index contributed by atoms with van der Waals surface area (Å²) in [5, 5.41) is 19.6. The first kappa shape index (κ1) is 42.4. The van der Waals surface area contributed by atoms with Crippen molar-refractivity contribution in [2.45, 2.75) is 63.1 Å². The summed E-state index contributed by atoms with van der Waals surface area (Å²) in [6.45, 7) is 1.84. The lowest BCUT2D eigenvalue weighted by atomic mass is 10.0. The Bertz CT molecular complexity index is 2350. The van der Waals surface area contributed by atoms with E-state index in [4.69, 9.17) is 14.7 Å². The number of likely N-dealkylation sites (tertiary alicyclic amines) is 2. The fourth-order valence-electron chi connectivity index (χ4n) is 8.64. The van der Waals surface area contributed by atoms with E-state index in [0.717, 1.165) is 69.1 Å². The highest BCUT2D eigenvalue weighted by Crippen LogP contribution is 2.37. The van der Waals surface area contributed by atoms with Crippen LogP contribution in [-0.4, -0.2) is 101 Å². The molecule has 4 amide bonds.